The standard InChI is InChI=1S/C20H20BN5O3S/c1-14-2-7-18(30-14)19(27)23-10-17-11-25(20(28)29-17)15-3-5-16(6-4-15)26-9-8-21(12-22)13-24-26/h2-7,13,17H,8-11H2,1H3,(H,23,27). The Morgan fingerprint density at radius 1 is 1.33 bits per heavy atom. The molecule has 2 amide bonds. The van der Waals surface area contributed by atoms with Gasteiger partial charge in [0.15, 0.2) is 0 Å². The molecule has 3 heterocycles. The van der Waals surface area contributed by atoms with E-state index in [0.29, 0.717) is 18.0 Å². The number of nitrogens with zero attached hydrogens (tertiary/aromatic N) is 4. The first-order valence-corrected chi connectivity index (χ1v) is 10.5. The Hall–Kier alpha value is -3.32. The van der Waals surface area contributed by atoms with Gasteiger partial charge >= 0.3 is 12.8 Å². The van der Waals surface area contributed by atoms with Crippen molar-refractivity contribution in [1.82, 2.24) is 5.32 Å². The SMILES string of the molecule is Cc1ccc(C(=O)NCC2CN(c3ccc(N4CCB(C#N)C=N4)cc3)C(=O)O2)s1. The smallest absolute Gasteiger partial charge is 0.414 e. The number of rotatable bonds is 5. The number of hydrazone groups is 1. The maximum atomic E-state index is 12.3. The number of ether oxygens (including phenoxy) is 1. The van der Waals surface area contributed by atoms with Gasteiger partial charge in [-0.05, 0) is 49.6 Å². The molecular weight excluding hydrogens is 401 g/mol. The highest BCUT2D eigenvalue weighted by molar-refractivity contribution is 7.13. The van der Waals surface area contributed by atoms with Crippen molar-refractivity contribution in [3.05, 3.63) is 46.2 Å². The van der Waals surface area contributed by atoms with E-state index >= 15 is 0 Å². The molecule has 0 saturated carbocycles. The number of hydrogen-bond acceptors (Lipinski definition) is 7. The minimum absolute atomic E-state index is 0.138. The van der Waals surface area contributed by atoms with Crippen molar-refractivity contribution < 1.29 is 14.3 Å². The Labute approximate surface area is 178 Å². The van der Waals surface area contributed by atoms with Crippen molar-refractivity contribution in [2.75, 3.05) is 29.5 Å². The van der Waals surface area contributed by atoms with Crippen LogP contribution in [0.25, 0.3) is 0 Å². The zero-order valence-corrected chi connectivity index (χ0v) is 17.3. The van der Waals surface area contributed by atoms with Crippen LogP contribution >= 0.6 is 11.3 Å². The van der Waals surface area contributed by atoms with Crippen LogP contribution in [-0.4, -0.2) is 50.6 Å². The van der Waals surface area contributed by atoms with Crippen molar-refractivity contribution in [2.24, 2.45) is 5.10 Å². The van der Waals surface area contributed by atoms with E-state index in [0.717, 1.165) is 22.6 Å². The molecule has 10 heteroatoms. The molecule has 0 radical (unpaired) electrons. The molecule has 1 N–H and O–H groups in total. The van der Waals surface area contributed by atoms with Crippen LogP contribution in [0.3, 0.4) is 0 Å². The van der Waals surface area contributed by atoms with Gasteiger partial charge in [-0.2, -0.15) is 5.10 Å². The third-order valence-corrected chi connectivity index (χ3v) is 5.99. The van der Waals surface area contributed by atoms with Crippen LogP contribution in [0.15, 0.2) is 41.5 Å². The Kier molecular flexibility index (Phi) is 5.72. The summed E-state index contributed by atoms with van der Waals surface area (Å²) in [5.74, 6) is 2.04. The lowest BCUT2D eigenvalue weighted by Gasteiger charge is -2.23. The molecular formula is C20H20BN5O3S. The number of aryl methyl sites for hydroxylation is 1. The lowest BCUT2D eigenvalue weighted by Crippen LogP contribution is -2.34. The molecule has 1 aromatic heterocycles. The highest BCUT2D eigenvalue weighted by Crippen LogP contribution is 2.26. The van der Waals surface area contributed by atoms with Crippen molar-refractivity contribution in [1.29, 1.82) is 5.26 Å². The molecule has 1 unspecified atom stereocenters. The molecule has 8 nitrogen and oxygen atoms in total. The molecule has 4 rings (SSSR count). The number of nitrogens with one attached hydrogen (secondary N) is 1. The van der Waals surface area contributed by atoms with Gasteiger partial charge in [-0.25, -0.2) is 10.1 Å². The molecule has 0 bridgehead atoms. The fraction of sp³-hybridized carbons (Fsp3) is 0.300. The van der Waals surface area contributed by atoms with Crippen LogP contribution in [0.2, 0.25) is 6.32 Å². The Morgan fingerprint density at radius 3 is 2.73 bits per heavy atom. The second-order valence-electron chi connectivity index (χ2n) is 7.17. The molecule has 152 valence electrons. The number of carbonyl (C=O) groups excluding carboxylic acids is 2. The lowest BCUT2D eigenvalue weighted by atomic mass is 9.50. The second kappa shape index (κ2) is 8.59. The van der Waals surface area contributed by atoms with Crippen LogP contribution in [-0.2, 0) is 4.74 Å². The summed E-state index contributed by atoms with van der Waals surface area (Å²) >= 11 is 1.43. The first-order chi connectivity index (χ1) is 14.5. The third kappa shape index (κ3) is 4.31. The van der Waals surface area contributed by atoms with Crippen molar-refractivity contribution in [3.63, 3.8) is 0 Å². The first kappa shape index (κ1) is 20.0. The summed E-state index contributed by atoms with van der Waals surface area (Å²) in [6.07, 6.45) is 1.56. The van der Waals surface area contributed by atoms with Gasteiger partial charge in [0.25, 0.3) is 5.91 Å². The van der Waals surface area contributed by atoms with E-state index in [-0.39, 0.29) is 19.2 Å². The normalized spacial score (nSPS) is 18.3. The van der Waals surface area contributed by atoms with Gasteiger partial charge in [-0.15, -0.1) is 11.3 Å². The minimum Gasteiger partial charge on any atom is -0.442 e. The molecule has 2 aromatic rings. The van der Waals surface area contributed by atoms with E-state index in [1.807, 2.05) is 42.3 Å². The van der Waals surface area contributed by atoms with Crippen molar-refractivity contribution in [3.8, 4) is 5.97 Å². The summed E-state index contributed by atoms with van der Waals surface area (Å²) < 4.78 is 5.40. The van der Waals surface area contributed by atoms with Gasteiger partial charge < -0.3 is 10.1 Å². The van der Waals surface area contributed by atoms with E-state index in [2.05, 4.69) is 16.4 Å². The molecule has 30 heavy (non-hydrogen) atoms. The highest BCUT2D eigenvalue weighted by Gasteiger charge is 2.32. The van der Waals surface area contributed by atoms with E-state index in [1.54, 1.807) is 17.1 Å². The zero-order chi connectivity index (χ0) is 21.1. The van der Waals surface area contributed by atoms with E-state index < -0.39 is 12.2 Å². The van der Waals surface area contributed by atoms with E-state index in [1.165, 1.54) is 11.3 Å². The van der Waals surface area contributed by atoms with Crippen molar-refractivity contribution >= 4 is 47.5 Å². The molecule has 1 atom stereocenters. The summed E-state index contributed by atoms with van der Waals surface area (Å²) in [5, 5.41) is 17.9. The fourth-order valence-corrected chi connectivity index (χ4v) is 4.13. The first-order valence-electron chi connectivity index (χ1n) is 9.67. The van der Waals surface area contributed by atoms with Gasteiger partial charge in [0, 0.05) is 29.2 Å². The third-order valence-electron chi connectivity index (χ3n) is 4.99. The lowest BCUT2D eigenvalue weighted by molar-refractivity contribution is 0.0920. The average molecular weight is 421 g/mol. The summed E-state index contributed by atoms with van der Waals surface area (Å²) in [6.45, 7) is 3.11. The molecule has 0 spiro atoms. The molecule has 1 fully saturated rings. The van der Waals surface area contributed by atoms with Gasteiger partial charge in [0.1, 0.15) is 6.10 Å². The highest BCUT2D eigenvalue weighted by atomic mass is 32.1. The quantitative estimate of drug-likeness (QED) is 0.749. The Morgan fingerprint density at radius 2 is 2.10 bits per heavy atom. The number of hydrogen-bond donors (Lipinski definition) is 1. The summed E-state index contributed by atoms with van der Waals surface area (Å²) in [4.78, 5) is 27.7. The Bertz CT molecular complexity index is 1020. The van der Waals surface area contributed by atoms with E-state index in [9.17, 15) is 9.59 Å². The summed E-state index contributed by atoms with van der Waals surface area (Å²) in [6, 6.07) is 11.2. The fourth-order valence-electron chi connectivity index (χ4n) is 3.34. The number of amides is 2. The molecule has 0 aliphatic carbocycles. The van der Waals surface area contributed by atoms with Gasteiger partial charge in [-0.3, -0.25) is 14.7 Å². The number of benzene rings is 1. The molecule has 1 saturated heterocycles. The number of carbonyl (C=O) groups is 2. The number of nitriles is 1. The largest absolute Gasteiger partial charge is 0.442 e. The minimum atomic E-state index is -0.429. The molecule has 1 aromatic carbocycles. The zero-order valence-electron chi connectivity index (χ0n) is 16.4. The van der Waals surface area contributed by atoms with Crippen LogP contribution < -0.4 is 15.2 Å². The van der Waals surface area contributed by atoms with Gasteiger partial charge in [0.2, 0.25) is 0 Å². The van der Waals surface area contributed by atoms with Crippen LogP contribution in [0.5, 0.6) is 0 Å². The monoisotopic (exact) mass is 421 g/mol. The predicted octanol–water partition coefficient (Wildman–Crippen LogP) is 2.71. The van der Waals surface area contributed by atoms with Crippen LogP contribution in [0, 0.1) is 18.2 Å². The van der Waals surface area contributed by atoms with Crippen LogP contribution in [0.4, 0.5) is 16.2 Å². The number of thiophene rings is 1. The van der Waals surface area contributed by atoms with Gasteiger partial charge in [0.05, 0.1) is 23.7 Å². The van der Waals surface area contributed by atoms with E-state index in [4.69, 9.17) is 10.00 Å². The average Bonchev–Trinajstić information content (AvgIpc) is 3.37. The predicted molar refractivity (Wildman–Crippen MR) is 117 cm³/mol. The van der Waals surface area contributed by atoms with Crippen LogP contribution in [0.1, 0.15) is 14.5 Å². The maximum absolute atomic E-state index is 12.3. The summed E-state index contributed by atoms with van der Waals surface area (Å²) in [7, 11) is 0. The number of cyclic esters (lactones) is 1. The van der Waals surface area contributed by atoms with Gasteiger partial charge in [-0.1, -0.05) is 0 Å². The van der Waals surface area contributed by atoms with Crippen molar-refractivity contribution in [2.45, 2.75) is 19.3 Å². The maximum Gasteiger partial charge on any atom is 0.414 e. The molecule has 2 aliphatic heterocycles. The topological polar surface area (TPSA) is 98.0 Å². The Balaban J connectivity index is 1.34. The number of anilines is 2. The second-order valence-corrected chi connectivity index (χ2v) is 8.45. The molecule has 2 aliphatic rings. The summed E-state index contributed by atoms with van der Waals surface area (Å²) in [5.41, 5.74) is 1.62.